The first-order chi connectivity index (χ1) is 15.5. The number of rotatable bonds is 6. The van der Waals surface area contributed by atoms with E-state index in [4.69, 9.17) is 0 Å². The van der Waals surface area contributed by atoms with Crippen LogP contribution < -0.4 is 16.0 Å². The van der Waals surface area contributed by atoms with Gasteiger partial charge in [0.1, 0.15) is 11.4 Å². The van der Waals surface area contributed by atoms with Gasteiger partial charge in [0, 0.05) is 30.4 Å². The molecule has 0 saturated carbocycles. The SMILES string of the molecule is CS(=O)(=O)c1ccccc1CNc1nc(Nc2ccc3c(c2)CC(=O)N3)ncc1C(F)(F)F. The number of aromatic nitrogens is 2. The van der Waals surface area contributed by atoms with Crippen molar-refractivity contribution in [1.29, 1.82) is 0 Å². The molecule has 0 bridgehead atoms. The predicted octanol–water partition coefficient (Wildman–Crippen LogP) is 3.75. The van der Waals surface area contributed by atoms with E-state index >= 15 is 0 Å². The Morgan fingerprint density at radius 1 is 1.15 bits per heavy atom. The van der Waals surface area contributed by atoms with Gasteiger partial charge in [-0.05, 0) is 35.4 Å². The lowest BCUT2D eigenvalue weighted by Crippen LogP contribution is -2.15. The maximum atomic E-state index is 13.5. The van der Waals surface area contributed by atoms with Gasteiger partial charge >= 0.3 is 6.18 Å². The van der Waals surface area contributed by atoms with Crippen LogP contribution in [-0.4, -0.2) is 30.5 Å². The van der Waals surface area contributed by atoms with Gasteiger partial charge < -0.3 is 16.0 Å². The molecule has 0 fully saturated rings. The average molecular weight is 477 g/mol. The van der Waals surface area contributed by atoms with Crippen molar-refractivity contribution in [2.75, 3.05) is 22.2 Å². The predicted molar refractivity (Wildman–Crippen MR) is 116 cm³/mol. The summed E-state index contributed by atoms with van der Waals surface area (Å²) in [5.41, 5.74) is 1.13. The standard InChI is InChI=1S/C21H18F3N5O3S/c1-33(31,32)17-5-3-2-4-12(17)10-25-19-15(21(22,23)24)11-26-20(29-19)27-14-6-7-16-13(8-14)9-18(30)28-16/h2-8,11H,9-10H2,1H3,(H,28,30)(H2,25,26,27,29). The van der Waals surface area contributed by atoms with Gasteiger partial charge in [-0.3, -0.25) is 4.79 Å². The van der Waals surface area contributed by atoms with Crippen molar-refractivity contribution in [2.45, 2.75) is 24.0 Å². The molecule has 1 amide bonds. The van der Waals surface area contributed by atoms with Gasteiger partial charge in [-0.1, -0.05) is 18.2 Å². The number of nitrogens with one attached hydrogen (secondary N) is 3. The van der Waals surface area contributed by atoms with E-state index in [1.54, 1.807) is 24.3 Å². The second-order valence-corrected chi connectivity index (χ2v) is 9.39. The van der Waals surface area contributed by atoms with E-state index < -0.39 is 27.4 Å². The fourth-order valence-electron chi connectivity index (χ4n) is 3.41. The Bertz CT molecular complexity index is 1340. The summed E-state index contributed by atoms with van der Waals surface area (Å²) >= 11 is 0. The van der Waals surface area contributed by atoms with Crippen molar-refractivity contribution < 1.29 is 26.4 Å². The summed E-state index contributed by atoms with van der Waals surface area (Å²) in [6.45, 7) is -0.199. The van der Waals surface area contributed by atoms with Gasteiger partial charge in [0.25, 0.3) is 0 Å². The van der Waals surface area contributed by atoms with Gasteiger partial charge in [-0.15, -0.1) is 0 Å². The van der Waals surface area contributed by atoms with E-state index in [2.05, 4.69) is 25.9 Å². The number of hydrogen-bond donors (Lipinski definition) is 3. The zero-order valence-corrected chi connectivity index (χ0v) is 18.0. The Hall–Kier alpha value is -3.67. The topological polar surface area (TPSA) is 113 Å². The third-order valence-electron chi connectivity index (χ3n) is 4.90. The minimum atomic E-state index is -4.73. The summed E-state index contributed by atoms with van der Waals surface area (Å²) in [6, 6.07) is 11.0. The summed E-state index contributed by atoms with van der Waals surface area (Å²) in [6.07, 6.45) is -2.85. The normalized spacial score (nSPS) is 13.4. The lowest BCUT2D eigenvalue weighted by atomic mass is 10.1. The van der Waals surface area contributed by atoms with Gasteiger partial charge in [0.2, 0.25) is 11.9 Å². The number of fused-ring (bicyclic) bond motifs is 1. The van der Waals surface area contributed by atoms with Crippen molar-refractivity contribution in [3.05, 3.63) is 65.4 Å². The summed E-state index contributed by atoms with van der Waals surface area (Å²) in [5, 5.41) is 8.12. The molecule has 1 aliphatic heterocycles. The quantitative estimate of drug-likeness (QED) is 0.496. The van der Waals surface area contributed by atoms with Crippen LogP contribution in [0.2, 0.25) is 0 Å². The summed E-state index contributed by atoms with van der Waals surface area (Å²) in [7, 11) is -3.57. The van der Waals surface area contributed by atoms with Crippen LogP contribution in [0.25, 0.3) is 0 Å². The first kappa shape index (κ1) is 22.5. The summed E-state index contributed by atoms with van der Waals surface area (Å²) in [5.74, 6) is -0.741. The highest BCUT2D eigenvalue weighted by Crippen LogP contribution is 2.35. The second kappa shape index (κ2) is 8.35. The minimum absolute atomic E-state index is 0.0137. The third-order valence-corrected chi connectivity index (χ3v) is 6.10. The number of carbonyl (C=O) groups is 1. The number of alkyl halides is 3. The van der Waals surface area contributed by atoms with E-state index in [1.165, 1.54) is 18.2 Å². The van der Waals surface area contributed by atoms with E-state index in [-0.39, 0.29) is 29.7 Å². The minimum Gasteiger partial charge on any atom is -0.365 e. The number of benzene rings is 2. The average Bonchev–Trinajstić information content (AvgIpc) is 3.10. The number of amides is 1. The fourth-order valence-corrected chi connectivity index (χ4v) is 4.35. The molecule has 172 valence electrons. The summed E-state index contributed by atoms with van der Waals surface area (Å²) < 4.78 is 64.5. The van der Waals surface area contributed by atoms with Crippen LogP contribution in [0.1, 0.15) is 16.7 Å². The highest BCUT2D eigenvalue weighted by Gasteiger charge is 2.35. The van der Waals surface area contributed by atoms with Crippen LogP contribution in [0, 0.1) is 0 Å². The van der Waals surface area contributed by atoms with Gasteiger partial charge in [-0.25, -0.2) is 13.4 Å². The smallest absolute Gasteiger partial charge is 0.365 e. The largest absolute Gasteiger partial charge is 0.421 e. The Kier molecular flexibility index (Phi) is 5.70. The molecule has 8 nitrogen and oxygen atoms in total. The van der Waals surface area contributed by atoms with Crippen molar-refractivity contribution in [2.24, 2.45) is 0 Å². The Morgan fingerprint density at radius 2 is 1.91 bits per heavy atom. The molecule has 0 atom stereocenters. The van der Waals surface area contributed by atoms with Gasteiger partial charge in [0.15, 0.2) is 9.84 Å². The van der Waals surface area contributed by atoms with Crippen LogP contribution in [0.4, 0.5) is 36.3 Å². The van der Waals surface area contributed by atoms with Crippen molar-refractivity contribution >= 4 is 38.9 Å². The Balaban J connectivity index is 1.62. The molecule has 3 aromatic rings. The lowest BCUT2D eigenvalue weighted by molar-refractivity contribution is -0.137. The van der Waals surface area contributed by atoms with Crippen LogP contribution in [0.15, 0.2) is 53.6 Å². The van der Waals surface area contributed by atoms with Crippen LogP contribution in [-0.2, 0) is 33.8 Å². The fraction of sp³-hybridized carbons (Fsp3) is 0.190. The maximum absolute atomic E-state index is 13.5. The first-order valence-corrected chi connectivity index (χ1v) is 11.6. The molecule has 0 saturated heterocycles. The molecule has 3 N–H and O–H groups in total. The lowest BCUT2D eigenvalue weighted by Gasteiger charge is -2.16. The second-order valence-electron chi connectivity index (χ2n) is 7.41. The van der Waals surface area contributed by atoms with Crippen molar-refractivity contribution in [3.63, 3.8) is 0 Å². The van der Waals surface area contributed by atoms with Crippen LogP contribution in [0.3, 0.4) is 0 Å². The van der Waals surface area contributed by atoms with E-state index in [9.17, 15) is 26.4 Å². The molecule has 33 heavy (non-hydrogen) atoms. The molecule has 0 spiro atoms. The Labute approximate surface area is 187 Å². The molecule has 12 heteroatoms. The molecule has 1 aromatic heterocycles. The Morgan fingerprint density at radius 3 is 2.64 bits per heavy atom. The van der Waals surface area contributed by atoms with Gasteiger partial charge in [-0.2, -0.15) is 18.2 Å². The number of carbonyl (C=O) groups excluding carboxylic acids is 1. The third kappa shape index (κ3) is 5.06. The molecule has 0 radical (unpaired) electrons. The number of halogens is 3. The van der Waals surface area contributed by atoms with E-state index in [0.717, 1.165) is 11.8 Å². The molecule has 2 aromatic carbocycles. The summed E-state index contributed by atoms with van der Waals surface area (Å²) in [4.78, 5) is 19.3. The number of anilines is 4. The molecule has 2 heterocycles. The van der Waals surface area contributed by atoms with E-state index in [1.807, 2.05) is 0 Å². The molecule has 1 aliphatic rings. The molecular formula is C21H18F3N5O3S. The zero-order valence-electron chi connectivity index (χ0n) is 17.2. The van der Waals surface area contributed by atoms with Gasteiger partial charge in [0.05, 0.1) is 11.3 Å². The number of nitrogens with zero attached hydrogens (tertiary/aromatic N) is 2. The number of hydrogen-bond acceptors (Lipinski definition) is 7. The monoisotopic (exact) mass is 477 g/mol. The van der Waals surface area contributed by atoms with Crippen LogP contribution >= 0.6 is 0 Å². The first-order valence-electron chi connectivity index (χ1n) is 9.66. The highest BCUT2D eigenvalue weighted by molar-refractivity contribution is 7.90. The number of sulfone groups is 1. The molecule has 0 unspecified atom stereocenters. The van der Waals surface area contributed by atoms with Crippen LogP contribution in [0.5, 0.6) is 0 Å². The van der Waals surface area contributed by atoms with Crippen molar-refractivity contribution in [1.82, 2.24) is 9.97 Å². The molecule has 4 rings (SSSR count). The molecule has 0 aliphatic carbocycles. The van der Waals surface area contributed by atoms with Crippen molar-refractivity contribution in [3.8, 4) is 0 Å². The highest BCUT2D eigenvalue weighted by atomic mass is 32.2. The maximum Gasteiger partial charge on any atom is 0.421 e. The molecular weight excluding hydrogens is 459 g/mol. The van der Waals surface area contributed by atoms with E-state index in [0.29, 0.717) is 23.1 Å². The zero-order chi connectivity index (χ0) is 23.8.